The third-order valence-electron chi connectivity index (χ3n) is 11.9. The molecular weight excluding hydrogens is 667 g/mol. The molecule has 2 aliphatic rings. The summed E-state index contributed by atoms with van der Waals surface area (Å²) in [5.74, 6) is 0.993. The van der Waals surface area contributed by atoms with Crippen LogP contribution in [0.25, 0.3) is 50.1 Å². The maximum atomic E-state index is 7.46. The van der Waals surface area contributed by atoms with Gasteiger partial charge in [0, 0.05) is 33.3 Å². The summed E-state index contributed by atoms with van der Waals surface area (Å²) in [6.07, 6.45) is 5.42. The van der Waals surface area contributed by atoms with Crippen molar-refractivity contribution in [3.05, 3.63) is 234 Å². The molecule has 2 nitrogen and oxygen atoms in total. The molecule has 11 rings (SSSR count). The molecule has 9 aromatic rings. The average Bonchev–Trinajstić information content (AvgIpc) is 3.80. The Bertz CT molecular complexity index is 2850. The van der Waals surface area contributed by atoms with Crippen LogP contribution in [0.2, 0.25) is 0 Å². The largest absolute Gasteiger partial charge is 0.458 e. The first-order valence-corrected chi connectivity index (χ1v) is 19.2. The topological polar surface area (TPSA) is 16.4 Å². The Hall–Kier alpha value is -6.90. The van der Waals surface area contributed by atoms with Gasteiger partial charge in [0.05, 0.1) is 11.5 Å². The fourth-order valence-electron chi connectivity index (χ4n) is 9.55. The number of furan rings is 1. The maximum Gasteiger partial charge on any atom is 0.139 e. The fourth-order valence-corrected chi connectivity index (χ4v) is 9.55. The number of para-hydroxylation sites is 1. The minimum Gasteiger partial charge on any atom is -0.458 e. The predicted molar refractivity (Wildman–Crippen MR) is 228 cm³/mol. The molecule has 0 N–H and O–H groups in total. The highest BCUT2D eigenvalue weighted by atomic mass is 16.3. The van der Waals surface area contributed by atoms with Crippen LogP contribution >= 0.6 is 0 Å². The molecule has 0 fully saturated rings. The van der Waals surface area contributed by atoms with E-state index in [4.69, 9.17) is 4.42 Å². The van der Waals surface area contributed by atoms with Gasteiger partial charge < -0.3 is 9.32 Å². The van der Waals surface area contributed by atoms with Crippen molar-refractivity contribution in [2.24, 2.45) is 0 Å². The Morgan fingerprint density at radius 1 is 0.491 bits per heavy atom. The number of hydrogen-bond donors (Lipinski definition) is 0. The van der Waals surface area contributed by atoms with Crippen LogP contribution in [0.4, 0.5) is 11.4 Å². The van der Waals surface area contributed by atoms with Gasteiger partial charge in [-0.1, -0.05) is 188 Å². The predicted octanol–water partition coefficient (Wildman–Crippen LogP) is 13.9. The Morgan fingerprint density at radius 3 is 1.84 bits per heavy atom. The number of benzene rings is 8. The van der Waals surface area contributed by atoms with E-state index in [0.717, 1.165) is 40.1 Å². The highest BCUT2D eigenvalue weighted by molar-refractivity contribution is 5.99. The highest BCUT2D eigenvalue weighted by Gasteiger charge is 2.48. The van der Waals surface area contributed by atoms with E-state index < -0.39 is 5.41 Å². The zero-order valence-corrected chi connectivity index (χ0v) is 30.3. The van der Waals surface area contributed by atoms with E-state index in [2.05, 4.69) is 211 Å². The Morgan fingerprint density at radius 2 is 1.07 bits per heavy atom. The van der Waals surface area contributed by atoms with Crippen molar-refractivity contribution in [2.75, 3.05) is 4.90 Å². The average molecular weight is 704 g/mol. The molecule has 1 aromatic heterocycles. The molecule has 0 aliphatic heterocycles. The second kappa shape index (κ2) is 12.6. The van der Waals surface area contributed by atoms with E-state index in [1.165, 1.54) is 55.3 Å². The number of anilines is 2. The van der Waals surface area contributed by atoms with Crippen LogP contribution in [0.15, 0.2) is 205 Å². The lowest BCUT2D eigenvalue weighted by atomic mass is 9.67. The molecule has 0 amide bonds. The maximum absolute atomic E-state index is 7.46. The fraction of sp³-hybridized carbons (Fsp3) is 0.0566. The lowest BCUT2D eigenvalue weighted by Crippen LogP contribution is -2.28. The summed E-state index contributed by atoms with van der Waals surface area (Å²) in [4.78, 5) is 2.51. The quantitative estimate of drug-likeness (QED) is 0.171. The zero-order chi connectivity index (χ0) is 36.3. The van der Waals surface area contributed by atoms with Crippen LogP contribution in [0, 0.1) is 0 Å². The normalized spacial score (nSPS) is 15.1. The molecule has 1 atom stereocenters. The molecule has 0 bridgehead atoms. The lowest BCUT2D eigenvalue weighted by molar-refractivity contribution is 0.485. The third-order valence-corrected chi connectivity index (χ3v) is 11.9. The molecule has 260 valence electrons. The van der Waals surface area contributed by atoms with Crippen LogP contribution in [0.3, 0.4) is 0 Å². The zero-order valence-electron chi connectivity index (χ0n) is 30.3. The van der Waals surface area contributed by atoms with Gasteiger partial charge >= 0.3 is 0 Å². The second-order valence-corrected chi connectivity index (χ2v) is 14.7. The van der Waals surface area contributed by atoms with E-state index in [0.29, 0.717) is 0 Å². The molecule has 0 saturated carbocycles. The summed E-state index contributed by atoms with van der Waals surface area (Å²) in [6, 6.07) is 70.5. The van der Waals surface area contributed by atoms with E-state index in [9.17, 15) is 0 Å². The smallest absolute Gasteiger partial charge is 0.139 e. The molecule has 2 aliphatic carbocycles. The van der Waals surface area contributed by atoms with E-state index in [-0.39, 0.29) is 6.04 Å². The van der Waals surface area contributed by atoms with Gasteiger partial charge in [0.15, 0.2) is 0 Å². The van der Waals surface area contributed by atoms with Gasteiger partial charge in [0.2, 0.25) is 0 Å². The van der Waals surface area contributed by atoms with Gasteiger partial charge in [-0.2, -0.15) is 0 Å². The molecule has 1 unspecified atom stereocenters. The third kappa shape index (κ3) is 4.74. The second-order valence-electron chi connectivity index (χ2n) is 14.7. The van der Waals surface area contributed by atoms with Gasteiger partial charge in [-0.3, -0.25) is 0 Å². The first-order chi connectivity index (χ1) is 27.3. The van der Waals surface area contributed by atoms with Gasteiger partial charge in [0.1, 0.15) is 11.3 Å². The van der Waals surface area contributed by atoms with E-state index in [1.54, 1.807) is 0 Å². The van der Waals surface area contributed by atoms with E-state index >= 15 is 0 Å². The monoisotopic (exact) mass is 703 g/mol. The van der Waals surface area contributed by atoms with Crippen molar-refractivity contribution in [1.82, 2.24) is 0 Å². The van der Waals surface area contributed by atoms with Crippen LogP contribution in [0.5, 0.6) is 0 Å². The lowest BCUT2D eigenvalue weighted by Gasteiger charge is -2.35. The summed E-state index contributed by atoms with van der Waals surface area (Å²) in [5.41, 5.74) is 13.7. The van der Waals surface area contributed by atoms with Gasteiger partial charge in [-0.25, -0.2) is 0 Å². The van der Waals surface area contributed by atoms with Crippen molar-refractivity contribution in [3.8, 4) is 22.3 Å². The van der Waals surface area contributed by atoms with Crippen LogP contribution in [-0.2, 0) is 5.41 Å². The van der Waals surface area contributed by atoms with Gasteiger partial charge in [-0.15, -0.1) is 0 Å². The van der Waals surface area contributed by atoms with Crippen LogP contribution in [-0.4, -0.2) is 0 Å². The summed E-state index contributed by atoms with van der Waals surface area (Å²) >= 11 is 0. The molecule has 8 aromatic carbocycles. The van der Waals surface area contributed by atoms with Crippen LogP contribution in [0.1, 0.15) is 46.0 Å². The number of nitrogens with zero attached hydrogens (tertiary/aromatic N) is 1. The Kier molecular flexibility index (Phi) is 7.25. The molecule has 0 radical (unpaired) electrons. The summed E-state index contributed by atoms with van der Waals surface area (Å²) < 4.78 is 7.46. The van der Waals surface area contributed by atoms with Crippen molar-refractivity contribution < 1.29 is 4.42 Å². The molecule has 0 saturated heterocycles. The van der Waals surface area contributed by atoms with Crippen molar-refractivity contribution in [3.63, 3.8) is 0 Å². The highest BCUT2D eigenvalue weighted by Crippen LogP contribution is 2.58. The van der Waals surface area contributed by atoms with Gasteiger partial charge in [-0.05, 0) is 69.0 Å². The first kappa shape index (κ1) is 31.6. The molecule has 0 spiro atoms. The standard InChI is InChI=1S/C53H37NO/c1-3-16-36(17-4-1)37-32-34-40(35-33-37)54(49-30-13-19-38-18-7-8-22-41(38)49)50-31-15-26-45-44-25-14-29-48(51(44)55-52(45)50)53(39-20-5-2-6-21-39)46-27-11-9-23-42(46)43-24-10-12-28-47(43)53/h1-30,32-35,50H,31H2. The summed E-state index contributed by atoms with van der Waals surface area (Å²) in [6.45, 7) is 0. The molecule has 55 heavy (non-hydrogen) atoms. The minimum atomic E-state index is -0.559. The van der Waals surface area contributed by atoms with E-state index in [1.807, 2.05) is 0 Å². The molecule has 2 heteroatoms. The Balaban J connectivity index is 1.15. The molecule has 1 heterocycles. The number of hydrogen-bond acceptors (Lipinski definition) is 2. The molecular formula is C53H37NO. The van der Waals surface area contributed by atoms with Crippen molar-refractivity contribution in [1.29, 1.82) is 0 Å². The first-order valence-electron chi connectivity index (χ1n) is 19.2. The summed E-state index contributed by atoms with van der Waals surface area (Å²) in [7, 11) is 0. The summed E-state index contributed by atoms with van der Waals surface area (Å²) in [5, 5.41) is 3.57. The van der Waals surface area contributed by atoms with Crippen molar-refractivity contribution >= 4 is 39.2 Å². The number of fused-ring (bicyclic) bond motifs is 7. The number of rotatable bonds is 6. The minimum absolute atomic E-state index is 0.0792. The van der Waals surface area contributed by atoms with Crippen LogP contribution < -0.4 is 4.90 Å². The Labute approximate surface area is 321 Å². The van der Waals surface area contributed by atoms with Gasteiger partial charge in [0.25, 0.3) is 0 Å². The van der Waals surface area contributed by atoms with Crippen molar-refractivity contribution in [2.45, 2.75) is 17.9 Å². The SMILES string of the molecule is C1=Cc2c(oc3c(C4(c5ccccc5)c5ccccc5-c5ccccc54)cccc23)C(N(c2ccc(-c3ccccc3)cc2)c2cccc3ccccc23)C1.